The molecule has 0 saturated heterocycles. The lowest BCUT2D eigenvalue weighted by atomic mass is 9.84. The minimum absolute atomic E-state index is 0.0162. The van der Waals surface area contributed by atoms with E-state index in [-0.39, 0.29) is 11.9 Å². The Hall–Kier alpha value is -2.13. The molecular weight excluding hydrogens is 446 g/mol. The summed E-state index contributed by atoms with van der Waals surface area (Å²) in [5.74, 6) is 0.681. The average molecular weight is 479 g/mol. The minimum atomic E-state index is -2.47. The van der Waals surface area contributed by atoms with E-state index in [4.69, 9.17) is 4.74 Å². The molecule has 2 aromatic rings. The monoisotopic (exact) mass is 478 g/mol. The van der Waals surface area contributed by atoms with E-state index >= 15 is 0 Å². The molecule has 1 amide bonds. The van der Waals surface area contributed by atoms with Gasteiger partial charge < -0.3 is 15.0 Å². The molecule has 4 rings (SSSR count). The van der Waals surface area contributed by atoms with Crippen molar-refractivity contribution in [3.05, 3.63) is 40.2 Å². The minimum Gasteiger partial charge on any atom is -0.464 e. The summed E-state index contributed by atoms with van der Waals surface area (Å²) in [6.45, 7) is 4.26. The molecular formula is C24H32F2N4O2S. The Morgan fingerprint density at radius 2 is 2.06 bits per heavy atom. The third-order valence-electron chi connectivity index (χ3n) is 6.70. The van der Waals surface area contributed by atoms with Crippen LogP contribution in [0.3, 0.4) is 0 Å². The van der Waals surface area contributed by atoms with Gasteiger partial charge in [-0.15, -0.1) is 0 Å². The smallest absolute Gasteiger partial charge is 0.273 e. The van der Waals surface area contributed by atoms with Crippen molar-refractivity contribution in [3.8, 4) is 5.19 Å². The Bertz CT molecular complexity index is 905. The fourth-order valence-electron chi connectivity index (χ4n) is 4.75. The van der Waals surface area contributed by atoms with Gasteiger partial charge in [-0.2, -0.15) is 0 Å². The topological polar surface area (TPSA) is 67.4 Å². The number of carbonyl (C=O) groups is 1. The lowest BCUT2D eigenvalue weighted by molar-refractivity contribution is 0.0816. The highest BCUT2D eigenvalue weighted by molar-refractivity contribution is 7.13. The number of amides is 1. The number of nitrogens with one attached hydrogen (secondary N) is 1. The van der Waals surface area contributed by atoms with Crippen LogP contribution in [0.15, 0.2) is 18.3 Å². The number of thiazole rings is 1. The first-order valence-corrected chi connectivity index (χ1v) is 12.6. The molecule has 0 radical (unpaired) electrons. The van der Waals surface area contributed by atoms with Gasteiger partial charge in [0.2, 0.25) is 0 Å². The quantitative estimate of drug-likeness (QED) is 0.614. The number of rotatable bonds is 8. The summed E-state index contributed by atoms with van der Waals surface area (Å²) < 4.78 is 29.8. The lowest BCUT2D eigenvalue weighted by Gasteiger charge is -2.30. The van der Waals surface area contributed by atoms with E-state index in [1.807, 2.05) is 13.0 Å². The van der Waals surface area contributed by atoms with E-state index in [0.29, 0.717) is 16.7 Å². The highest BCUT2D eigenvalue weighted by atomic mass is 32.1. The predicted octanol–water partition coefficient (Wildman–Crippen LogP) is 4.27. The van der Waals surface area contributed by atoms with Crippen molar-refractivity contribution in [2.45, 2.75) is 64.3 Å². The first-order valence-electron chi connectivity index (χ1n) is 11.8. The van der Waals surface area contributed by atoms with Crippen LogP contribution in [0.5, 0.6) is 5.19 Å². The maximum atomic E-state index is 12.5. The second kappa shape index (κ2) is 11.3. The number of nitrogens with zero attached hydrogens (tertiary/aromatic N) is 3. The molecule has 1 saturated carbocycles. The third kappa shape index (κ3) is 6.69. The summed E-state index contributed by atoms with van der Waals surface area (Å²) in [6, 6.07) is 3.88. The summed E-state index contributed by atoms with van der Waals surface area (Å²) in [6.07, 6.45) is 6.49. The van der Waals surface area contributed by atoms with Crippen molar-refractivity contribution < 1.29 is 18.3 Å². The van der Waals surface area contributed by atoms with Crippen molar-refractivity contribution in [2.24, 2.45) is 5.92 Å². The number of ether oxygens (including phenoxy) is 1. The zero-order valence-electron chi connectivity index (χ0n) is 19.1. The number of fused-ring (bicyclic) bond motifs is 1. The van der Waals surface area contributed by atoms with Crippen LogP contribution in [0, 0.1) is 12.8 Å². The van der Waals surface area contributed by atoms with Gasteiger partial charge in [-0.05, 0) is 70.0 Å². The molecule has 33 heavy (non-hydrogen) atoms. The highest BCUT2D eigenvalue weighted by Gasteiger charge is 2.25. The van der Waals surface area contributed by atoms with E-state index in [1.165, 1.54) is 22.6 Å². The first kappa shape index (κ1) is 24.0. The molecule has 1 aliphatic heterocycles. The zero-order valence-corrected chi connectivity index (χ0v) is 19.9. The van der Waals surface area contributed by atoms with Crippen molar-refractivity contribution in [1.82, 2.24) is 20.2 Å². The molecule has 1 fully saturated rings. The number of pyridine rings is 1. The van der Waals surface area contributed by atoms with Crippen molar-refractivity contribution in [3.63, 3.8) is 0 Å². The predicted molar refractivity (Wildman–Crippen MR) is 124 cm³/mol. The summed E-state index contributed by atoms with van der Waals surface area (Å²) in [4.78, 5) is 24.8. The second-order valence-electron chi connectivity index (χ2n) is 9.01. The van der Waals surface area contributed by atoms with Crippen molar-refractivity contribution in [1.29, 1.82) is 0 Å². The molecule has 6 nitrogen and oxygen atoms in total. The Morgan fingerprint density at radius 1 is 1.27 bits per heavy atom. The SMILES string of the molecule is Cc1ncccc1C(=O)NC1CCC(CCN2CCc3nc(OCC(F)F)sc3CC2)CC1. The van der Waals surface area contributed by atoms with Crippen LogP contribution in [0.2, 0.25) is 0 Å². The van der Waals surface area contributed by atoms with Gasteiger partial charge in [-0.25, -0.2) is 13.8 Å². The number of alkyl halides is 2. The largest absolute Gasteiger partial charge is 0.464 e. The fourth-order valence-corrected chi connectivity index (χ4v) is 5.71. The molecule has 180 valence electrons. The normalized spacial score (nSPS) is 21.5. The zero-order chi connectivity index (χ0) is 23.2. The molecule has 1 aliphatic carbocycles. The molecule has 0 spiro atoms. The van der Waals surface area contributed by atoms with E-state index < -0.39 is 13.0 Å². The number of halogens is 2. The number of aromatic nitrogens is 2. The summed E-state index contributed by atoms with van der Waals surface area (Å²) >= 11 is 1.41. The van der Waals surface area contributed by atoms with Crippen LogP contribution in [0.4, 0.5) is 8.78 Å². The molecule has 1 N–H and O–H groups in total. The Labute approximate surface area is 197 Å². The van der Waals surface area contributed by atoms with Crippen LogP contribution < -0.4 is 10.1 Å². The molecule has 0 bridgehead atoms. The summed E-state index contributed by atoms with van der Waals surface area (Å²) in [5.41, 5.74) is 2.44. The van der Waals surface area contributed by atoms with Gasteiger partial charge in [0, 0.05) is 42.3 Å². The maximum absolute atomic E-state index is 12.5. The first-order chi connectivity index (χ1) is 16.0. The van der Waals surface area contributed by atoms with Crippen LogP contribution >= 0.6 is 11.3 Å². The van der Waals surface area contributed by atoms with E-state index in [2.05, 4.69) is 20.2 Å². The number of hydrogen-bond donors (Lipinski definition) is 1. The standard InChI is InChI=1S/C24H32F2N4O2S/c1-16-19(3-2-11-27-16)23(31)28-18-6-4-17(5-7-18)8-12-30-13-9-20-21(10-14-30)33-24(29-20)32-15-22(25)26/h2-3,11,17-18,22H,4-10,12-15H2,1H3,(H,28,31). The van der Waals surface area contributed by atoms with Gasteiger partial charge in [0.1, 0.15) is 0 Å². The summed E-state index contributed by atoms with van der Waals surface area (Å²) in [5, 5.41) is 3.56. The highest BCUT2D eigenvalue weighted by Crippen LogP contribution is 2.30. The van der Waals surface area contributed by atoms with Gasteiger partial charge in [0.25, 0.3) is 17.5 Å². The number of carbonyl (C=O) groups excluding carboxylic acids is 1. The van der Waals surface area contributed by atoms with Gasteiger partial charge in [0.05, 0.1) is 11.3 Å². The average Bonchev–Trinajstić information content (AvgIpc) is 3.10. The number of hydrogen-bond acceptors (Lipinski definition) is 6. The van der Waals surface area contributed by atoms with Crippen molar-refractivity contribution in [2.75, 3.05) is 26.2 Å². The van der Waals surface area contributed by atoms with Crippen LogP contribution in [-0.4, -0.2) is 59.5 Å². The molecule has 3 heterocycles. The van der Waals surface area contributed by atoms with Crippen LogP contribution in [0.25, 0.3) is 0 Å². The van der Waals surface area contributed by atoms with Gasteiger partial charge in [0.15, 0.2) is 6.61 Å². The summed E-state index contributed by atoms with van der Waals surface area (Å²) in [7, 11) is 0. The molecule has 0 unspecified atom stereocenters. The van der Waals surface area contributed by atoms with E-state index in [1.54, 1.807) is 12.3 Å². The number of aryl methyl sites for hydroxylation is 1. The third-order valence-corrected chi connectivity index (χ3v) is 7.77. The Balaban J connectivity index is 1.16. The van der Waals surface area contributed by atoms with Crippen molar-refractivity contribution >= 4 is 17.2 Å². The molecule has 2 aliphatic rings. The molecule has 0 atom stereocenters. The maximum Gasteiger partial charge on any atom is 0.273 e. The lowest BCUT2D eigenvalue weighted by Crippen LogP contribution is -2.38. The van der Waals surface area contributed by atoms with Gasteiger partial charge in [-0.1, -0.05) is 11.3 Å². The van der Waals surface area contributed by atoms with E-state index in [9.17, 15) is 13.6 Å². The Kier molecular flexibility index (Phi) is 8.25. The van der Waals surface area contributed by atoms with E-state index in [0.717, 1.165) is 69.5 Å². The van der Waals surface area contributed by atoms with Gasteiger partial charge >= 0.3 is 0 Å². The molecule has 0 aromatic carbocycles. The fraction of sp³-hybridized carbons (Fsp3) is 0.625. The molecule has 9 heteroatoms. The second-order valence-corrected chi connectivity index (χ2v) is 10.1. The Morgan fingerprint density at radius 3 is 2.82 bits per heavy atom. The van der Waals surface area contributed by atoms with Gasteiger partial charge in [-0.3, -0.25) is 9.78 Å². The van der Waals surface area contributed by atoms with Crippen LogP contribution in [0.1, 0.15) is 58.7 Å². The molecule has 2 aromatic heterocycles. The van der Waals surface area contributed by atoms with Crippen LogP contribution in [-0.2, 0) is 12.8 Å².